The molecule has 5 heteroatoms. The van der Waals surface area contributed by atoms with Crippen LogP contribution in [0.1, 0.15) is 33.1 Å². The van der Waals surface area contributed by atoms with Crippen molar-refractivity contribution in [3.05, 3.63) is 16.6 Å². The predicted octanol–water partition coefficient (Wildman–Crippen LogP) is 1.12. The molecule has 0 atom stereocenters. The van der Waals surface area contributed by atoms with Gasteiger partial charge in [0.1, 0.15) is 0 Å². The Hall–Kier alpha value is -1.39. The van der Waals surface area contributed by atoms with E-state index in [4.69, 9.17) is 0 Å². The Morgan fingerprint density at radius 2 is 2.20 bits per heavy atom. The minimum absolute atomic E-state index is 0.152. The minimum Gasteiger partial charge on any atom is -0.244 e. The zero-order valence-corrected chi connectivity index (χ0v) is 9.18. The minimum atomic E-state index is -0.152. The lowest BCUT2D eigenvalue weighted by atomic mass is 9.70. The average Bonchev–Trinajstić information content (AvgIpc) is 2.48. The van der Waals surface area contributed by atoms with Crippen LogP contribution in [0.25, 0.3) is 6.20 Å². The highest BCUT2D eigenvalue weighted by atomic mass is 16.2. The van der Waals surface area contributed by atoms with Crippen LogP contribution in [0.15, 0.2) is 10.9 Å². The molecular weight excluding hydrogens is 192 g/mol. The molecule has 0 saturated heterocycles. The number of tetrazole rings is 1. The Morgan fingerprint density at radius 1 is 1.47 bits per heavy atom. The van der Waals surface area contributed by atoms with Gasteiger partial charge >= 0.3 is 5.69 Å². The Morgan fingerprint density at radius 3 is 2.73 bits per heavy atom. The summed E-state index contributed by atoms with van der Waals surface area (Å²) in [6.45, 7) is 4.72. The number of hydrogen-bond donors (Lipinski definition) is 0. The topological polar surface area (TPSA) is 52.7 Å². The number of hydrogen-bond acceptors (Lipinski definition) is 3. The second-order valence-electron chi connectivity index (χ2n) is 4.51. The molecule has 0 radical (unpaired) electrons. The highest BCUT2D eigenvalue weighted by Gasteiger charge is 2.33. The van der Waals surface area contributed by atoms with E-state index >= 15 is 0 Å². The van der Waals surface area contributed by atoms with Gasteiger partial charge in [-0.3, -0.25) is 0 Å². The molecule has 0 spiro atoms. The third-order valence-electron chi connectivity index (χ3n) is 3.04. The van der Waals surface area contributed by atoms with Crippen LogP contribution in [0, 0.1) is 5.41 Å². The van der Waals surface area contributed by atoms with Crippen molar-refractivity contribution < 1.29 is 0 Å². The van der Waals surface area contributed by atoms with Crippen LogP contribution in [0.3, 0.4) is 0 Å². The first-order valence-corrected chi connectivity index (χ1v) is 5.30. The SMILES string of the molecule is C/C=C/n1nnn(CC2(C)CCC2)c1=O. The molecule has 15 heavy (non-hydrogen) atoms. The zero-order valence-electron chi connectivity index (χ0n) is 9.18. The van der Waals surface area contributed by atoms with Crippen LogP contribution in [0.4, 0.5) is 0 Å². The fourth-order valence-corrected chi connectivity index (χ4v) is 1.92. The van der Waals surface area contributed by atoms with Crippen LogP contribution in [0.2, 0.25) is 0 Å². The molecule has 0 N–H and O–H groups in total. The Labute approximate surface area is 88.4 Å². The van der Waals surface area contributed by atoms with Crippen molar-refractivity contribution >= 4 is 6.20 Å². The predicted molar refractivity (Wildman–Crippen MR) is 57.2 cm³/mol. The van der Waals surface area contributed by atoms with Gasteiger partial charge < -0.3 is 0 Å². The number of allylic oxidation sites excluding steroid dienone is 1. The van der Waals surface area contributed by atoms with Crippen LogP contribution in [-0.4, -0.2) is 19.8 Å². The Balaban J connectivity index is 2.19. The molecule has 1 aliphatic carbocycles. The largest absolute Gasteiger partial charge is 0.367 e. The van der Waals surface area contributed by atoms with E-state index < -0.39 is 0 Å². The van der Waals surface area contributed by atoms with Gasteiger partial charge in [-0.05, 0) is 35.6 Å². The van der Waals surface area contributed by atoms with Gasteiger partial charge in [0.05, 0.1) is 6.54 Å². The van der Waals surface area contributed by atoms with E-state index in [1.54, 1.807) is 12.3 Å². The molecule has 82 valence electrons. The normalized spacial score (nSPS) is 19.3. The molecule has 0 bridgehead atoms. The molecule has 1 heterocycles. The fraction of sp³-hybridized carbons (Fsp3) is 0.700. The van der Waals surface area contributed by atoms with Crippen molar-refractivity contribution in [2.24, 2.45) is 5.41 Å². The molecule has 0 amide bonds. The first-order chi connectivity index (χ1) is 7.14. The van der Waals surface area contributed by atoms with Crippen LogP contribution in [0.5, 0.6) is 0 Å². The van der Waals surface area contributed by atoms with Gasteiger partial charge in [-0.1, -0.05) is 19.4 Å². The van der Waals surface area contributed by atoms with E-state index in [1.807, 2.05) is 6.92 Å². The number of aromatic nitrogens is 4. The lowest BCUT2D eigenvalue weighted by molar-refractivity contribution is 0.123. The van der Waals surface area contributed by atoms with Crippen LogP contribution >= 0.6 is 0 Å². The van der Waals surface area contributed by atoms with E-state index in [9.17, 15) is 4.79 Å². The maximum absolute atomic E-state index is 11.7. The average molecular weight is 208 g/mol. The van der Waals surface area contributed by atoms with Gasteiger partial charge in [-0.2, -0.15) is 9.36 Å². The summed E-state index contributed by atoms with van der Waals surface area (Å²) in [5, 5.41) is 7.65. The monoisotopic (exact) mass is 208 g/mol. The second-order valence-corrected chi connectivity index (χ2v) is 4.51. The molecule has 1 saturated carbocycles. The number of nitrogens with zero attached hydrogens (tertiary/aromatic N) is 4. The van der Waals surface area contributed by atoms with Crippen LogP contribution < -0.4 is 5.69 Å². The van der Waals surface area contributed by atoms with Crippen molar-refractivity contribution in [3.63, 3.8) is 0 Å². The van der Waals surface area contributed by atoms with Gasteiger partial charge in [0.15, 0.2) is 0 Å². The molecule has 5 nitrogen and oxygen atoms in total. The van der Waals surface area contributed by atoms with Crippen LogP contribution in [-0.2, 0) is 6.54 Å². The van der Waals surface area contributed by atoms with E-state index in [0.29, 0.717) is 6.54 Å². The van der Waals surface area contributed by atoms with Crippen molar-refractivity contribution in [3.8, 4) is 0 Å². The van der Waals surface area contributed by atoms with E-state index in [0.717, 1.165) is 0 Å². The first-order valence-electron chi connectivity index (χ1n) is 5.30. The van der Waals surface area contributed by atoms with Crippen molar-refractivity contribution in [1.82, 2.24) is 19.8 Å². The Kier molecular flexibility index (Phi) is 2.46. The summed E-state index contributed by atoms with van der Waals surface area (Å²) in [7, 11) is 0. The first kappa shape index (κ1) is 10.1. The highest BCUT2D eigenvalue weighted by molar-refractivity contribution is 5.16. The molecule has 1 aromatic rings. The van der Waals surface area contributed by atoms with Gasteiger partial charge in [0.2, 0.25) is 0 Å². The van der Waals surface area contributed by atoms with Crippen molar-refractivity contribution in [1.29, 1.82) is 0 Å². The molecule has 0 unspecified atom stereocenters. The zero-order chi connectivity index (χ0) is 10.9. The van der Waals surface area contributed by atoms with E-state index in [1.165, 1.54) is 28.6 Å². The lowest BCUT2D eigenvalue weighted by Gasteiger charge is -2.37. The van der Waals surface area contributed by atoms with E-state index in [2.05, 4.69) is 17.4 Å². The Bertz CT molecular complexity index is 425. The molecule has 0 aliphatic heterocycles. The number of rotatable bonds is 3. The quantitative estimate of drug-likeness (QED) is 0.748. The summed E-state index contributed by atoms with van der Waals surface area (Å²) in [4.78, 5) is 11.7. The second kappa shape index (κ2) is 3.64. The molecule has 1 aliphatic rings. The van der Waals surface area contributed by atoms with Gasteiger partial charge in [0, 0.05) is 6.20 Å². The molecule has 2 rings (SSSR count). The molecule has 0 aromatic carbocycles. The van der Waals surface area contributed by atoms with Gasteiger partial charge in [-0.25, -0.2) is 4.79 Å². The third kappa shape index (κ3) is 1.86. The van der Waals surface area contributed by atoms with Crippen molar-refractivity contribution in [2.75, 3.05) is 0 Å². The summed E-state index contributed by atoms with van der Waals surface area (Å²) in [5.74, 6) is 0. The summed E-state index contributed by atoms with van der Waals surface area (Å²) in [6.07, 6.45) is 7.00. The molecule has 1 fully saturated rings. The summed E-state index contributed by atoms with van der Waals surface area (Å²) in [5.41, 5.74) is 0.0990. The summed E-state index contributed by atoms with van der Waals surface area (Å²) >= 11 is 0. The van der Waals surface area contributed by atoms with Gasteiger partial charge in [0.25, 0.3) is 0 Å². The smallest absolute Gasteiger partial charge is 0.244 e. The highest BCUT2D eigenvalue weighted by Crippen LogP contribution is 2.41. The van der Waals surface area contributed by atoms with Gasteiger partial charge in [-0.15, -0.1) is 0 Å². The maximum atomic E-state index is 11.7. The lowest BCUT2D eigenvalue weighted by Crippen LogP contribution is -2.35. The fourth-order valence-electron chi connectivity index (χ4n) is 1.92. The summed E-state index contributed by atoms with van der Waals surface area (Å²) < 4.78 is 2.72. The standard InChI is InChI=1S/C10H16N4O/c1-3-7-13-9(15)14(12-11-13)8-10(2)5-4-6-10/h3,7H,4-6,8H2,1-2H3/b7-3+. The maximum Gasteiger partial charge on any atom is 0.367 e. The summed E-state index contributed by atoms with van der Waals surface area (Å²) in [6, 6.07) is 0. The third-order valence-corrected chi connectivity index (χ3v) is 3.04. The molecular formula is C10H16N4O. The van der Waals surface area contributed by atoms with Crippen molar-refractivity contribution in [2.45, 2.75) is 39.7 Å². The van der Waals surface area contributed by atoms with E-state index in [-0.39, 0.29) is 11.1 Å². The molecule has 1 aromatic heterocycles.